The average molecular weight is 249 g/mol. The minimum Gasteiger partial charge on any atom is -0.346 e. The summed E-state index contributed by atoms with van der Waals surface area (Å²) in [5.41, 5.74) is 0. The van der Waals surface area contributed by atoms with Crippen molar-refractivity contribution in [3.63, 3.8) is 0 Å². The third-order valence-electron chi connectivity index (χ3n) is 3.59. The molecule has 1 aliphatic heterocycles. The number of nitrogens with one attached hydrogen (secondary N) is 2. The maximum absolute atomic E-state index is 11.8. The normalized spacial score (nSPS) is 20.9. The van der Waals surface area contributed by atoms with Crippen molar-refractivity contribution in [2.75, 3.05) is 13.1 Å². The topological polar surface area (TPSA) is 71.8 Å². The molecule has 6 heteroatoms. The van der Waals surface area contributed by atoms with Crippen LogP contribution in [0.3, 0.4) is 0 Å². The molecule has 2 heterocycles. The van der Waals surface area contributed by atoms with Crippen LogP contribution in [0, 0.1) is 5.92 Å². The highest BCUT2D eigenvalue weighted by Crippen LogP contribution is 2.29. The highest BCUT2D eigenvalue weighted by atomic mass is 16.2. The van der Waals surface area contributed by atoms with Crippen molar-refractivity contribution in [3.05, 3.63) is 11.6 Å². The average Bonchev–Trinajstić information content (AvgIpc) is 3.15. The zero-order valence-corrected chi connectivity index (χ0v) is 10.6. The maximum Gasteiger partial charge on any atom is 0.223 e. The van der Waals surface area contributed by atoms with E-state index in [1.54, 1.807) is 0 Å². The van der Waals surface area contributed by atoms with E-state index in [0.29, 0.717) is 0 Å². The molecule has 1 aromatic heterocycles. The molecule has 2 N–H and O–H groups in total. The lowest BCUT2D eigenvalue weighted by molar-refractivity contribution is -0.123. The van der Waals surface area contributed by atoms with E-state index >= 15 is 0 Å². The van der Waals surface area contributed by atoms with Gasteiger partial charge in [0, 0.05) is 32.0 Å². The van der Waals surface area contributed by atoms with Crippen LogP contribution in [0.15, 0.2) is 0 Å². The molecule has 0 aromatic carbocycles. The predicted molar refractivity (Wildman–Crippen MR) is 65.9 cm³/mol. The molecular formula is C12H19N5O. The molecule has 6 nitrogen and oxygen atoms in total. The molecule has 1 amide bonds. The number of amides is 1. The van der Waals surface area contributed by atoms with E-state index in [-0.39, 0.29) is 17.9 Å². The number of aromatic nitrogens is 3. The van der Waals surface area contributed by atoms with Crippen molar-refractivity contribution in [2.45, 2.75) is 38.8 Å². The number of fused-ring (bicyclic) bond motifs is 1. The molecule has 1 aliphatic carbocycles. The summed E-state index contributed by atoms with van der Waals surface area (Å²) in [6, 6.07) is -0.0579. The van der Waals surface area contributed by atoms with Gasteiger partial charge in [0.1, 0.15) is 5.82 Å². The summed E-state index contributed by atoms with van der Waals surface area (Å²) in [6.45, 7) is 4.74. The molecule has 0 unspecified atom stereocenters. The van der Waals surface area contributed by atoms with Gasteiger partial charge in [0.25, 0.3) is 0 Å². The van der Waals surface area contributed by atoms with Gasteiger partial charge in [-0.2, -0.15) is 0 Å². The van der Waals surface area contributed by atoms with Crippen LogP contribution in [-0.4, -0.2) is 33.8 Å². The number of hydrogen-bond donors (Lipinski definition) is 2. The van der Waals surface area contributed by atoms with E-state index in [1.165, 1.54) is 0 Å². The van der Waals surface area contributed by atoms with Crippen molar-refractivity contribution in [3.8, 4) is 0 Å². The highest BCUT2D eigenvalue weighted by molar-refractivity contribution is 5.81. The second-order valence-electron chi connectivity index (χ2n) is 5.13. The fraction of sp³-hybridized carbons (Fsp3) is 0.750. The Morgan fingerprint density at radius 3 is 3.06 bits per heavy atom. The van der Waals surface area contributed by atoms with Gasteiger partial charge >= 0.3 is 0 Å². The van der Waals surface area contributed by atoms with Gasteiger partial charge in [0.15, 0.2) is 5.82 Å². The monoisotopic (exact) mass is 249 g/mol. The molecule has 1 aromatic rings. The smallest absolute Gasteiger partial charge is 0.223 e. The number of carbonyl (C=O) groups excluding carboxylic acids is 1. The van der Waals surface area contributed by atoms with E-state index in [1.807, 2.05) is 6.92 Å². The van der Waals surface area contributed by atoms with Crippen molar-refractivity contribution in [1.82, 2.24) is 25.4 Å². The molecule has 0 spiro atoms. The Balaban J connectivity index is 1.74. The summed E-state index contributed by atoms with van der Waals surface area (Å²) in [5.74, 6) is 2.29. The highest BCUT2D eigenvalue weighted by Gasteiger charge is 2.31. The van der Waals surface area contributed by atoms with Crippen LogP contribution in [0.25, 0.3) is 0 Å². The fourth-order valence-electron chi connectivity index (χ4n) is 2.36. The van der Waals surface area contributed by atoms with Gasteiger partial charge in [-0.15, -0.1) is 10.2 Å². The summed E-state index contributed by atoms with van der Waals surface area (Å²) >= 11 is 0. The Kier molecular flexibility index (Phi) is 3.03. The lowest BCUT2D eigenvalue weighted by Gasteiger charge is -2.14. The van der Waals surface area contributed by atoms with E-state index in [4.69, 9.17) is 0 Å². The molecule has 0 bridgehead atoms. The Bertz CT molecular complexity index is 451. The number of nitrogens with zero attached hydrogens (tertiary/aromatic N) is 3. The number of rotatable bonds is 3. The molecule has 1 fully saturated rings. The van der Waals surface area contributed by atoms with E-state index in [0.717, 1.165) is 50.5 Å². The van der Waals surface area contributed by atoms with Crippen LogP contribution in [0.5, 0.6) is 0 Å². The summed E-state index contributed by atoms with van der Waals surface area (Å²) in [5, 5.41) is 14.8. The van der Waals surface area contributed by atoms with Gasteiger partial charge in [-0.3, -0.25) is 4.79 Å². The van der Waals surface area contributed by atoms with Crippen LogP contribution in [0.2, 0.25) is 0 Å². The van der Waals surface area contributed by atoms with Gasteiger partial charge in [-0.05, 0) is 19.8 Å². The Hall–Kier alpha value is -1.43. The van der Waals surface area contributed by atoms with Crippen LogP contribution in [0.4, 0.5) is 0 Å². The fourth-order valence-corrected chi connectivity index (χ4v) is 2.36. The molecule has 18 heavy (non-hydrogen) atoms. The SMILES string of the molecule is C[C@H](NC(=O)C1CC1)c1nnc2n1CCNCC2. The van der Waals surface area contributed by atoms with Gasteiger partial charge in [-0.1, -0.05) is 0 Å². The van der Waals surface area contributed by atoms with Gasteiger partial charge in [0.05, 0.1) is 6.04 Å². The minimum atomic E-state index is -0.0579. The quantitative estimate of drug-likeness (QED) is 0.791. The largest absolute Gasteiger partial charge is 0.346 e. The van der Waals surface area contributed by atoms with Gasteiger partial charge < -0.3 is 15.2 Å². The Morgan fingerprint density at radius 1 is 1.44 bits per heavy atom. The summed E-state index contributed by atoms with van der Waals surface area (Å²) in [6.07, 6.45) is 2.96. The Morgan fingerprint density at radius 2 is 2.28 bits per heavy atom. The summed E-state index contributed by atoms with van der Waals surface area (Å²) in [7, 11) is 0. The molecule has 2 aliphatic rings. The van der Waals surface area contributed by atoms with Crippen LogP contribution < -0.4 is 10.6 Å². The van der Waals surface area contributed by atoms with Gasteiger partial charge in [0.2, 0.25) is 5.91 Å². The molecule has 1 atom stereocenters. The van der Waals surface area contributed by atoms with Gasteiger partial charge in [-0.25, -0.2) is 0 Å². The van der Waals surface area contributed by atoms with Crippen molar-refractivity contribution in [2.24, 2.45) is 5.92 Å². The number of carbonyl (C=O) groups is 1. The zero-order chi connectivity index (χ0) is 12.5. The summed E-state index contributed by atoms with van der Waals surface area (Å²) < 4.78 is 2.14. The Labute approximate surface area is 106 Å². The van der Waals surface area contributed by atoms with E-state index in [9.17, 15) is 4.79 Å². The second-order valence-corrected chi connectivity index (χ2v) is 5.13. The lowest BCUT2D eigenvalue weighted by atomic mass is 10.2. The van der Waals surface area contributed by atoms with E-state index < -0.39 is 0 Å². The van der Waals surface area contributed by atoms with Crippen LogP contribution >= 0.6 is 0 Å². The molecular weight excluding hydrogens is 230 g/mol. The third kappa shape index (κ3) is 2.25. The second kappa shape index (κ2) is 4.68. The van der Waals surface area contributed by atoms with Crippen LogP contribution in [-0.2, 0) is 17.8 Å². The minimum absolute atomic E-state index is 0.0579. The standard InChI is InChI=1S/C12H19N5O/c1-8(14-12(18)9-2-3-9)11-16-15-10-4-5-13-6-7-17(10)11/h8-9,13H,2-7H2,1H3,(H,14,18)/t8-/m0/s1. The van der Waals surface area contributed by atoms with Crippen molar-refractivity contribution < 1.29 is 4.79 Å². The molecule has 98 valence electrons. The maximum atomic E-state index is 11.8. The van der Waals surface area contributed by atoms with E-state index in [2.05, 4.69) is 25.4 Å². The summed E-state index contributed by atoms with van der Waals surface area (Å²) in [4.78, 5) is 11.8. The number of hydrogen-bond acceptors (Lipinski definition) is 4. The van der Waals surface area contributed by atoms with Crippen LogP contribution in [0.1, 0.15) is 37.5 Å². The molecule has 0 radical (unpaired) electrons. The third-order valence-corrected chi connectivity index (χ3v) is 3.59. The van der Waals surface area contributed by atoms with Crippen molar-refractivity contribution in [1.29, 1.82) is 0 Å². The lowest BCUT2D eigenvalue weighted by Crippen LogP contribution is -2.30. The molecule has 0 saturated heterocycles. The molecule has 1 saturated carbocycles. The first-order valence-electron chi connectivity index (χ1n) is 6.69. The zero-order valence-electron chi connectivity index (χ0n) is 10.6. The predicted octanol–water partition coefficient (Wildman–Crippen LogP) is 0.0110. The van der Waals surface area contributed by atoms with Crippen molar-refractivity contribution >= 4 is 5.91 Å². The first kappa shape index (κ1) is 11.6. The molecule has 3 rings (SSSR count). The first-order chi connectivity index (χ1) is 8.75. The first-order valence-corrected chi connectivity index (χ1v) is 6.69.